The Morgan fingerprint density at radius 2 is 1.83 bits per heavy atom. The largest absolute Gasteiger partial charge is 0.497 e. The molecule has 0 bridgehead atoms. The second-order valence-electron chi connectivity index (χ2n) is 4.91. The lowest BCUT2D eigenvalue weighted by Gasteiger charge is -2.13. The molecule has 23 heavy (non-hydrogen) atoms. The molecule has 7 heteroatoms. The van der Waals surface area contributed by atoms with Gasteiger partial charge in [0.15, 0.2) is 0 Å². The van der Waals surface area contributed by atoms with Crippen LogP contribution < -0.4 is 14.2 Å². The molecule has 0 unspecified atom stereocenters. The van der Waals surface area contributed by atoms with E-state index in [4.69, 9.17) is 9.47 Å². The van der Waals surface area contributed by atoms with Crippen LogP contribution in [0.1, 0.15) is 11.1 Å². The first-order valence-corrected chi connectivity index (χ1v) is 8.32. The first kappa shape index (κ1) is 17.2. The van der Waals surface area contributed by atoms with Crippen LogP contribution in [0.15, 0.2) is 41.3 Å². The van der Waals surface area contributed by atoms with E-state index < -0.39 is 15.8 Å². The summed E-state index contributed by atoms with van der Waals surface area (Å²) >= 11 is 0. The predicted molar refractivity (Wildman–Crippen MR) is 84.7 cm³/mol. The van der Waals surface area contributed by atoms with E-state index in [0.717, 1.165) is 6.07 Å². The molecule has 1 N–H and O–H groups in total. The maximum absolute atomic E-state index is 13.3. The predicted octanol–water partition coefficient (Wildman–Crippen LogP) is 2.63. The number of sulfonamides is 1. The second-order valence-corrected chi connectivity index (χ2v) is 6.65. The third-order valence-corrected chi connectivity index (χ3v) is 4.92. The van der Waals surface area contributed by atoms with Crippen molar-refractivity contribution in [3.8, 4) is 11.5 Å². The van der Waals surface area contributed by atoms with Gasteiger partial charge in [0.25, 0.3) is 0 Å². The first-order valence-electron chi connectivity index (χ1n) is 6.84. The standard InChI is InChI=1S/C16H18FNO4S/c1-11-4-5-13(17)9-16(11)23(19,20)18-10-12-8-14(21-2)6-7-15(12)22-3/h4-9,18H,10H2,1-3H3. The maximum atomic E-state index is 13.3. The molecular formula is C16H18FNO4S. The normalized spacial score (nSPS) is 11.3. The molecule has 124 valence electrons. The fourth-order valence-corrected chi connectivity index (χ4v) is 3.39. The molecule has 5 nitrogen and oxygen atoms in total. The number of hydrogen-bond donors (Lipinski definition) is 1. The van der Waals surface area contributed by atoms with Gasteiger partial charge in [-0.05, 0) is 42.8 Å². The van der Waals surface area contributed by atoms with Crippen molar-refractivity contribution in [2.75, 3.05) is 14.2 Å². The number of ether oxygens (including phenoxy) is 2. The quantitative estimate of drug-likeness (QED) is 0.879. The molecule has 2 aromatic carbocycles. The Morgan fingerprint density at radius 3 is 2.48 bits per heavy atom. The Kier molecular flexibility index (Phi) is 5.23. The number of nitrogens with one attached hydrogen (secondary N) is 1. The highest BCUT2D eigenvalue weighted by molar-refractivity contribution is 7.89. The van der Waals surface area contributed by atoms with Crippen LogP contribution in [0.5, 0.6) is 11.5 Å². The topological polar surface area (TPSA) is 64.6 Å². The van der Waals surface area contributed by atoms with Gasteiger partial charge in [0.1, 0.15) is 17.3 Å². The Bertz CT molecular complexity index is 806. The molecule has 2 rings (SSSR count). The van der Waals surface area contributed by atoms with Crippen molar-refractivity contribution in [3.63, 3.8) is 0 Å². The molecule has 0 aliphatic rings. The van der Waals surface area contributed by atoms with Crippen LogP contribution in [0, 0.1) is 12.7 Å². The van der Waals surface area contributed by atoms with Gasteiger partial charge >= 0.3 is 0 Å². The van der Waals surface area contributed by atoms with E-state index in [0.29, 0.717) is 22.6 Å². The fourth-order valence-electron chi connectivity index (χ4n) is 2.13. The maximum Gasteiger partial charge on any atom is 0.241 e. The number of halogens is 1. The highest BCUT2D eigenvalue weighted by Crippen LogP contribution is 2.24. The average Bonchev–Trinajstić information content (AvgIpc) is 2.54. The zero-order chi connectivity index (χ0) is 17.0. The third kappa shape index (κ3) is 4.00. The van der Waals surface area contributed by atoms with E-state index in [1.807, 2.05) is 0 Å². The molecule has 0 saturated carbocycles. The summed E-state index contributed by atoms with van der Waals surface area (Å²) in [6.07, 6.45) is 0. The van der Waals surface area contributed by atoms with Crippen LogP contribution in [-0.2, 0) is 16.6 Å². The molecule has 0 amide bonds. The van der Waals surface area contributed by atoms with E-state index >= 15 is 0 Å². The highest BCUT2D eigenvalue weighted by atomic mass is 32.2. The SMILES string of the molecule is COc1ccc(OC)c(CNS(=O)(=O)c2cc(F)ccc2C)c1. The van der Waals surface area contributed by atoms with E-state index in [9.17, 15) is 12.8 Å². The fraction of sp³-hybridized carbons (Fsp3) is 0.250. The Hall–Kier alpha value is -2.12. The van der Waals surface area contributed by atoms with Crippen molar-refractivity contribution in [2.24, 2.45) is 0 Å². The lowest BCUT2D eigenvalue weighted by Crippen LogP contribution is -2.24. The Labute approximate surface area is 135 Å². The highest BCUT2D eigenvalue weighted by Gasteiger charge is 2.18. The van der Waals surface area contributed by atoms with Crippen LogP contribution >= 0.6 is 0 Å². The average molecular weight is 339 g/mol. The summed E-state index contributed by atoms with van der Waals surface area (Å²) < 4.78 is 50.9. The van der Waals surface area contributed by atoms with Crippen LogP contribution in [0.2, 0.25) is 0 Å². The van der Waals surface area contributed by atoms with Crippen molar-refractivity contribution < 1.29 is 22.3 Å². The lowest BCUT2D eigenvalue weighted by molar-refractivity contribution is 0.398. The van der Waals surface area contributed by atoms with Crippen LogP contribution in [0.25, 0.3) is 0 Å². The summed E-state index contributed by atoms with van der Waals surface area (Å²) in [6, 6.07) is 8.74. The summed E-state index contributed by atoms with van der Waals surface area (Å²) in [7, 11) is -0.826. The van der Waals surface area contributed by atoms with Crippen molar-refractivity contribution >= 4 is 10.0 Å². The summed E-state index contributed by atoms with van der Waals surface area (Å²) in [6.45, 7) is 1.61. The molecule has 0 heterocycles. The molecule has 0 aliphatic carbocycles. The van der Waals surface area contributed by atoms with Gasteiger partial charge in [-0.2, -0.15) is 0 Å². The number of hydrogen-bond acceptors (Lipinski definition) is 4. The molecule has 0 atom stereocenters. The molecule has 2 aromatic rings. The number of benzene rings is 2. The summed E-state index contributed by atoms with van der Waals surface area (Å²) in [5.41, 5.74) is 1.08. The second kappa shape index (κ2) is 6.97. The van der Waals surface area contributed by atoms with Gasteiger partial charge in [0.2, 0.25) is 10.0 Å². The Balaban J connectivity index is 2.27. The first-order chi connectivity index (χ1) is 10.9. The van der Waals surface area contributed by atoms with E-state index in [-0.39, 0.29) is 11.4 Å². The molecule has 0 aliphatic heterocycles. The zero-order valence-electron chi connectivity index (χ0n) is 13.1. The van der Waals surface area contributed by atoms with Gasteiger partial charge in [0, 0.05) is 12.1 Å². The van der Waals surface area contributed by atoms with Crippen LogP contribution in [0.3, 0.4) is 0 Å². The minimum Gasteiger partial charge on any atom is -0.497 e. The molecule has 0 fully saturated rings. The number of methoxy groups -OCH3 is 2. The minimum absolute atomic E-state index is 0.00133. The van der Waals surface area contributed by atoms with Crippen molar-refractivity contribution in [1.29, 1.82) is 0 Å². The van der Waals surface area contributed by atoms with Gasteiger partial charge in [-0.3, -0.25) is 0 Å². The van der Waals surface area contributed by atoms with Gasteiger partial charge in [-0.15, -0.1) is 0 Å². The lowest BCUT2D eigenvalue weighted by atomic mass is 10.2. The van der Waals surface area contributed by atoms with Crippen LogP contribution in [0.4, 0.5) is 4.39 Å². The number of aryl methyl sites for hydroxylation is 1. The van der Waals surface area contributed by atoms with Gasteiger partial charge < -0.3 is 9.47 Å². The monoisotopic (exact) mass is 339 g/mol. The van der Waals surface area contributed by atoms with Crippen molar-refractivity contribution in [2.45, 2.75) is 18.4 Å². The van der Waals surface area contributed by atoms with E-state index in [2.05, 4.69) is 4.72 Å². The van der Waals surface area contributed by atoms with Gasteiger partial charge in [0.05, 0.1) is 19.1 Å². The van der Waals surface area contributed by atoms with Gasteiger partial charge in [-0.25, -0.2) is 17.5 Å². The molecule has 0 spiro atoms. The molecule has 0 radical (unpaired) electrons. The Morgan fingerprint density at radius 1 is 1.09 bits per heavy atom. The zero-order valence-corrected chi connectivity index (χ0v) is 13.9. The van der Waals surface area contributed by atoms with E-state index in [1.165, 1.54) is 26.4 Å². The molecule has 0 aromatic heterocycles. The summed E-state index contributed by atoms with van der Waals surface area (Å²) in [4.78, 5) is -0.0839. The van der Waals surface area contributed by atoms with Gasteiger partial charge in [-0.1, -0.05) is 6.07 Å². The molecular weight excluding hydrogens is 321 g/mol. The summed E-state index contributed by atoms with van der Waals surface area (Å²) in [5.74, 6) is 0.515. The van der Waals surface area contributed by atoms with Crippen molar-refractivity contribution in [3.05, 3.63) is 53.3 Å². The minimum atomic E-state index is -3.84. The van der Waals surface area contributed by atoms with Crippen LogP contribution in [-0.4, -0.2) is 22.6 Å². The summed E-state index contributed by atoms with van der Waals surface area (Å²) in [5, 5.41) is 0. The molecule has 0 saturated heterocycles. The third-order valence-electron chi connectivity index (χ3n) is 3.38. The number of rotatable bonds is 6. The van der Waals surface area contributed by atoms with Crippen molar-refractivity contribution in [1.82, 2.24) is 4.72 Å². The smallest absolute Gasteiger partial charge is 0.241 e. The van der Waals surface area contributed by atoms with E-state index in [1.54, 1.807) is 25.1 Å².